The minimum atomic E-state index is -0.851. The van der Waals surface area contributed by atoms with Crippen LogP contribution < -0.4 is 15.5 Å². The Labute approximate surface area is 153 Å². The molecule has 6 nitrogen and oxygen atoms in total. The van der Waals surface area contributed by atoms with Gasteiger partial charge in [-0.15, -0.1) is 0 Å². The lowest BCUT2D eigenvalue weighted by Crippen LogP contribution is -2.32. The minimum absolute atomic E-state index is 0.0715. The average molecular weight is 353 g/mol. The van der Waals surface area contributed by atoms with Crippen molar-refractivity contribution in [2.24, 2.45) is 5.10 Å². The molecule has 0 saturated heterocycles. The van der Waals surface area contributed by atoms with Crippen LogP contribution in [0, 0.1) is 0 Å². The zero-order chi connectivity index (χ0) is 19.2. The molecule has 0 atom stereocenters. The number of ether oxygens (including phenoxy) is 1. The Morgan fingerprint density at radius 2 is 1.73 bits per heavy atom. The lowest BCUT2D eigenvalue weighted by molar-refractivity contribution is -0.136. The molecule has 0 aromatic heterocycles. The van der Waals surface area contributed by atoms with E-state index in [1.54, 1.807) is 24.3 Å². The fraction of sp³-hybridized carbons (Fsp3) is 0.250. The Balaban J connectivity index is 1.90. The summed E-state index contributed by atoms with van der Waals surface area (Å²) in [7, 11) is 1.52. The smallest absolute Gasteiger partial charge is 0.329 e. The summed E-state index contributed by atoms with van der Waals surface area (Å²) in [5, 5.41) is 6.30. The van der Waals surface area contributed by atoms with E-state index >= 15 is 0 Å². The molecule has 0 unspecified atom stereocenters. The molecule has 136 valence electrons. The SMILES string of the molecule is COc1cccc(NC(=O)C(=O)N/N=C/c2ccc(C(C)(C)C)cc2)c1. The van der Waals surface area contributed by atoms with Gasteiger partial charge in [-0.1, -0.05) is 51.1 Å². The average Bonchev–Trinajstić information content (AvgIpc) is 2.61. The van der Waals surface area contributed by atoms with Gasteiger partial charge in [0.05, 0.1) is 13.3 Å². The van der Waals surface area contributed by atoms with Crippen molar-refractivity contribution in [1.82, 2.24) is 5.43 Å². The van der Waals surface area contributed by atoms with Crippen LogP contribution in [0.4, 0.5) is 5.69 Å². The van der Waals surface area contributed by atoms with Crippen LogP contribution in [-0.2, 0) is 15.0 Å². The van der Waals surface area contributed by atoms with Crippen LogP contribution in [0.15, 0.2) is 53.6 Å². The van der Waals surface area contributed by atoms with E-state index in [0.29, 0.717) is 11.4 Å². The van der Waals surface area contributed by atoms with Crippen molar-refractivity contribution >= 4 is 23.7 Å². The third kappa shape index (κ3) is 5.44. The number of anilines is 1. The maximum absolute atomic E-state index is 11.9. The van der Waals surface area contributed by atoms with E-state index in [-0.39, 0.29) is 5.41 Å². The highest BCUT2D eigenvalue weighted by Crippen LogP contribution is 2.21. The van der Waals surface area contributed by atoms with E-state index in [1.165, 1.54) is 18.9 Å². The summed E-state index contributed by atoms with van der Waals surface area (Å²) in [6.07, 6.45) is 1.49. The molecule has 6 heteroatoms. The Hall–Kier alpha value is -3.15. The van der Waals surface area contributed by atoms with E-state index in [0.717, 1.165) is 5.56 Å². The standard InChI is InChI=1S/C20H23N3O3/c1-20(2,3)15-10-8-14(9-11-15)13-21-23-19(25)18(24)22-16-6-5-7-17(12-16)26-4/h5-13H,1-4H3,(H,22,24)(H,23,25)/b21-13+. The third-order valence-corrected chi connectivity index (χ3v) is 3.69. The Bertz CT molecular complexity index is 806. The minimum Gasteiger partial charge on any atom is -0.497 e. The fourth-order valence-corrected chi connectivity index (χ4v) is 2.17. The number of nitrogens with zero attached hydrogens (tertiary/aromatic N) is 1. The van der Waals surface area contributed by atoms with Gasteiger partial charge in [-0.2, -0.15) is 5.10 Å². The number of rotatable bonds is 4. The molecule has 0 fully saturated rings. The van der Waals surface area contributed by atoms with Gasteiger partial charge in [0.15, 0.2) is 0 Å². The Kier molecular flexibility index (Phi) is 6.11. The number of hydrogen-bond donors (Lipinski definition) is 2. The molecule has 0 radical (unpaired) electrons. The van der Waals surface area contributed by atoms with Crippen molar-refractivity contribution < 1.29 is 14.3 Å². The molecule has 2 N–H and O–H groups in total. The number of nitrogens with one attached hydrogen (secondary N) is 2. The lowest BCUT2D eigenvalue weighted by atomic mass is 9.87. The topological polar surface area (TPSA) is 79.8 Å². The first-order valence-corrected chi connectivity index (χ1v) is 8.18. The summed E-state index contributed by atoms with van der Waals surface area (Å²) in [5.41, 5.74) is 4.78. The van der Waals surface area contributed by atoms with Crippen LogP contribution in [0.1, 0.15) is 31.9 Å². The van der Waals surface area contributed by atoms with Gasteiger partial charge in [-0.25, -0.2) is 5.43 Å². The van der Waals surface area contributed by atoms with E-state index in [1.807, 2.05) is 24.3 Å². The lowest BCUT2D eigenvalue weighted by Gasteiger charge is -2.18. The fourth-order valence-electron chi connectivity index (χ4n) is 2.17. The molecule has 0 saturated carbocycles. The number of benzene rings is 2. The van der Waals surface area contributed by atoms with E-state index in [2.05, 4.69) is 36.6 Å². The second-order valence-electron chi connectivity index (χ2n) is 6.76. The van der Waals surface area contributed by atoms with Crippen molar-refractivity contribution in [1.29, 1.82) is 0 Å². The molecule has 0 aliphatic rings. The van der Waals surface area contributed by atoms with Crippen molar-refractivity contribution in [2.75, 3.05) is 12.4 Å². The van der Waals surface area contributed by atoms with Crippen LogP contribution >= 0.6 is 0 Å². The summed E-state index contributed by atoms with van der Waals surface area (Å²) < 4.78 is 5.06. The molecule has 2 rings (SSSR count). The summed E-state index contributed by atoms with van der Waals surface area (Å²) in [6, 6.07) is 14.6. The molecule has 0 aliphatic carbocycles. The van der Waals surface area contributed by atoms with Crippen molar-refractivity contribution in [3.63, 3.8) is 0 Å². The van der Waals surface area contributed by atoms with Crippen LogP contribution in [0.2, 0.25) is 0 Å². The molecule has 0 bridgehead atoms. The number of hydrazone groups is 1. The van der Waals surface area contributed by atoms with Gasteiger partial charge in [0, 0.05) is 11.8 Å². The second-order valence-corrected chi connectivity index (χ2v) is 6.76. The molecular formula is C20H23N3O3. The summed E-state index contributed by atoms with van der Waals surface area (Å²) >= 11 is 0. The molecule has 2 aromatic carbocycles. The zero-order valence-electron chi connectivity index (χ0n) is 15.4. The van der Waals surface area contributed by atoms with Gasteiger partial charge in [0.2, 0.25) is 0 Å². The van der Waals surface area contributed by atoms with E-state index in [9.17, 15) is 9.59 Å². The molecule has 26 heavy (non-hydrogen) atoms. The molecule has 0 spiro atoms. The van der Waals surface area contributed by atoms with Crippen molar-refractivity contribution in [3.05, 3.63) is 59.7 Å². The second kappa shape index (κ2) is 8.29. The summed E-state index contributed by atoms with van der Waals surface area (Å²) in [5.74, 6) is -1.08. The largest absolute Gasteiger partial charge is 0.497 e. The maximum Gasteiger partial charge on any atom is 0.329 e. The number of amides is 2. The highest BCUT2D eigenvalue weighted by molar-refractivity contribution is 6.39. The highest BCUT2D eigenvalue weighted by Gasteiger charge is 2.14. The molecule has 2 amide bonds. The van der Waals surface area contributed by atoms with Crippen molar-refractivity contribution in [2.45, 2.75) is 26.2 Å². The highest BCUT2D eigenvalue weighted by atomic mass is 16.5. The molecule has 2 aromatic rings. The number of carbonyl (C=O) groups is 2. The van der Waals surface area contributed by atoms with Gasteiger partial charge in [-0.05, 0) is 28.7 Å². The van der Waals surface area contributed by atoms with Crippen molar-refractivity contribution in [3.8, 4) is 5.75 Å². The first kappa shape index (κ1) is 19.2. The zero-order valence-corrected chi connectivity index (χ0v) is 15.4. The Morgan fingerprint density at radius 1 is 1.04 bits per heavy atom. The predicted molar refractivity (Wildman–Crippen MR) is 103 cm³/mol. The molecule has 0 aliphatic heterocycles. The number of hydrogen-bond acceptors (Lipinski definition) is 4. The Morgan fingerprint density at radius 3 is 2.35 bits per heavy atom. The predicted octanol–water partition coefficient (Wildman–Crippen LogP) is 3.08. The van der Waals surface area contributed by atoms with Crippen LogP contribution in [0.3, 0.4) is 0 Å². The summed E-state index contributed by atoms with van der Waals surface area (Å²) in [6.45, 7) is 6.41. The molecular weight excluding hydrogens is 330 g/mol. The van der Waals surface area contributed by atoms with Gasteiger partial charge in [-0.3, -0.25) is 9.59 Å². The summed E-state index contributed by atoms with van der Waals surface area (Å²) in [4.78, 5) is 23.7. The number of methoxy groups -OCH3 is 1. The van der Waals surface area contributed by atoms with Crippen LogP contribution in [0.25, 0.3) is 0 Å². The van der Waals surface area contributed by atoms with Crippen LogP contribution in [0.5, 0.6) is 5.75 Å². The van der Waals surface area contributed by atoms with Gasteiger partial charge < -0.3 is 10.1 Å². The quantitative estimate of drug-likeness (QED) is 0.504. The van der Waals surface area contributed by atoms with E-state index < -0.39 is 11.8 Å². The van der Waals surface area contributed by atoms with Crippen LogP contribution in [-0.4, -0.2) is 25.1 Å². The molecule has 0 heterocycles. The number of carbonyl (C=O) groups excluding carboxylic acids is 2. The first-order valence-electron chi connectivity index (χ1n) is 8.18. The normalized spacial score (nSPS) is 11.2. The van der Waals surface area contributed by atoms with Gasteiger partial charge in [0.1, 0.15) is 5.75 Å². The monoisotopic (exact) mass is 353 g/mol. The first-order chi connectivity index (χ1) is 12.3. The maximum atomic E-state index is 11.9. The van der Waals surface area contributed by atoms with E-state index in [4.69, 9.17) is 4.74 Å². The van der Waals surface area contributed by atoms with Gasteiger partial charge >= 0.3 is 11.8 Å². The third-order valence-electron chi connectivity index (χ3n) is 3.69. The van der Waals surface area contributed by atoms with Gasteiger partial charge in [0.25, 0.3) is 0 Å².